The number of hydrogen-bond acceptors (Lipinski definition) is 3. The third-order valence-corrected chi connectivity index (χ3v) is 4.21. The number of methoxy groups -OCH3 is 1. The molecule has 1 aromatic heterocycles. The Bertz CT molecular complexity index is 902. The molecule has 1 amide bonds. The molecule has 23 heavy (non-hydrogen) atoms. The molecule has 0 aliphatic rings. The molecule has 0 aliphatic heterocycles. The third-order valence-electron chi connectivity index (χ3n) is 3.48. The molecule has 3 aromatic rings. The summed E-state index contributed by atoms with van der Waals surface area (Å²) in [5, 5.41) is 4.30. The quantitative estimate of drug-likeness (QED) is 0.697. The van der Waals surface area contributed by atoms with Gasteiger partial charge in [0, 0.05) is 11.1 Å². The van der Waals surface area contributed by atoms with Crippen LogP contribution in [-0.4, -0.2) is 13.0 Å². The first-order valence-electron chi connectivity index (χ1n) is 6.83. The standard InChI is InChI=1S/C17H13Cl2NO3/c1-9-16(12-8-11(22-2)4-6-15(12)23-9)17(21)20-10-3-5-13(18)14(19)7-10/h3-8H,1-2H3,(H,20,21). The summed E-state index contributed by atoms with van der Waals surface area (Å²) < 4.78 is 10.8. The van der Waals surface area contributed by atoms with Crippen molar-refractivity contribution in [2.45, 2.75) is 6.92 Å². The Morgan fingerprint density at radius 2 is 1.91 bits per heavy atom. The number of furan rings is 1. The molecule has 0 radical (unpaired) electrons. The molecule has 0 saturated heterocycles. The molecular weight excluding hydrogens is 337 g/mol. The molecule has 3 rings (SSSR count). The number of nitrogens with one attached hydrogen (secondary N) is 1. The van der Waals surface area contributed by atoms with Crippen molar-refractivity contribution < 1.29 is 13.9 Å². The summed E-state index contributed by atoms with van der Waals surface area (Å²) in [6.45, 7) is 1.75. The molecule has 118 valence electrons. The van der Waals surface area contributed by atoms with Crippen LogP contribution in [-0.2, 0) is 0 Å². The second kappa shape index (κ2) is 6.14. The van der Waals surface area contributed by atoms with E-state index in [1.54, 1.807) is 50.4 Å². The Morgan fingerprint density at radius 1 is 1.13 bits per heavy atom. The SMILES string of the molecule is COc1ccc2oc(C)c(C(=O)Nc3ccc(Cl)c(Cl)c3)c2c1. The lowest BCUT2D eigenvalue weighted by Crippen LogP contribution is -2.12. The first kappa shape index (κ1) is 15.7. The van der Waals surface area contributed by atoms with Crippen LogP contribution >= 0.6 is 23.2 Å². The third kappa shape index (κ3) is 3.00. The molecule has 0 bridgehead atoms. The van der Waals surface area contributed by atoms with Crippen LogP contribution in [0.5, 0.6) is 5.75 Å². The van der Waals surface area contributed by atoms with Crippen LogP contribution in [0, 0.1) is 6.92 Å². The topological polar surface area (TPSA) is 51.5 Å². The number of benzene rings is 2. The van der Waals surface area contributed by atoms with E-state index in [2.05, 4.69) is 5.32 Å². The fourth-order valence-corrected chi connectivity index (χ4v) is 2.67. The van der Waals surface area contributed by atoms with E-state index >= 15 is 0 Å². The predicted molar refractivity (Wildman–Crippen MR) is 91.9 cm³/mol. The molecule has 0 fully saturated rings. The van der Waals surface area contributed by atoms with E-state index in [9.17, 15) is 4.79 Å². The Balaban J connectivity index is 1.99. The van der Waals surface area contributed by atoms with Crippen LogP contribution in [0.15, 0.2) is 40.8 Å². The maximum Gasteiger partial charge on any atom is 0.259 e. The van der Waals surface area contributed by atoms with Crippen molar-refractivity contribution in [3.63, 3.8) is 0 Å². The molecule has 1 heterocycles. The molecule has 4 nitrogen and oxygen atoms in total. The lowest BCUT2D eigenvalue weighted by Gasteiger charge is -2.06. The van der Waals surface area contributed by atoms with Crippen molar-refractivity contribution in [2.75, 3.05) is 12.4 Å². The molecular formula is C17H13Cl2NO3. The van der Waals surface area contributed by atoms with E-state index in [0.717, 1.165) is 0 Å². The fraction of sp³-hybridized carbons (Fsp3) is 0.118. The summed E-state index contributed by atoms with van der Waals surface area (Å²) in [4.78, 5) is 12.6. The largest absolute Gasteiger partial charge is 0.497 e. The van der Waals surface area contributed by atoms with Gasteiger partial charge < -0.3 is 14.5 Å². The average molecular weight is 350 g/mol. The zero-order chi connectivity index (χ0) is 16.6. The van der Waals surface area contributed by atoms with Crippen molar-refractivity contribution in [3.05, 3.63) is 57.8 Å². The first-order valence-corrected chi connectivity index (χ1v) is 7.58. The number of fused-ring (bicyclic) bond motifs is 1. The number of amides is 1. The number of carbonyl (C=O) groups excluding carboxylic acids is 1. The number of ether oxygens (including phenoxy) is 1. The Kier molecular flexibility index (Phi) is 4.20. The number of hydrogen-bond donors (Lipinski definition) is 1. The number of carbonyl (C=O) groups is 1. The average Bonchev–Trinajstić information content (AvgIpc) is 2.85. The Morgan fingerprint density at radius 3 is 2.61 bits per heavy atom. The minimum absolute atomic E-state index is 0.284. The van der Waals surface area contributed by atoms with Crippen molar-refractivity contribution in [1.82, 2.24) is 0 Å². The van der Waals surface area contributed by atoms with Gasteiger partial charge in [-0.25, -0.2) is 0 Å². The van der Waals surface area contributed by atoms with E-state index in [0.29, 0.717) is 43.8 Å². The van der Waals surface area contributed by atoms with Crippen LogP contribution in [0.4, 0.5) is 5.69 Å². The zero-order valence-corrected chi connectivity index (χ0v) is 14.0. The number of anilines is 1. The highest BCUT2D eigenvalue weighted by molar-refractivity contribution is 6.42. The van der Waals surface area contributed by atoms with Gasteiger partial charge in [0.1, 0.15) is 17.1 Å². The second-order valence-corrected chi connectivity index (χ2v) is 5.79. The zero-order valence-electron chi connectivity index (χ0n) is 12.4. The van der Waals surface area contributed by atoms with E-state index in [1.165, 1.54) is 0 Å². The van der Waals surface area contributed by atoms with Gasteiger partial charge in [-0.15, -0.1) is 0 Å². The van der Waals surface area contributed by atoms with Gasteiger partial charge in [0.15, 0.2) is 0 Å². The van der Waals surface area contributed by atoms with Crippen LogP contribution in [0.3, 0.4) is 0 Å². The number of aryl methyl sites for hydroxylation is 1. The van der Waals surface area contributed by atoms with Gasteiger partial charge in [-0.05, 0) is 43.3 Å². The normalized spacial score (nSPS) is 10.8. The molecule has 1 N–H and O–H groups in total. The van der Waals surface area contributed by atoms with Gasteiger partial charge in [0.05, 0.1) is 22.7 Å². The van der Waals surface area contributed by atoms with Gasteiger partial charge in [-0.2, -0.15) is 0 Å². The van der Waals surface area contributed by atoms with Gasteiger partial charge in [0.25, 0.3) is 5.91 Å². The van der Waals surface area contributed by atoms with Gasteiger partial charge in [-0.1, -0.05) is 23.2 Å². The molecule has 0 unspecified atom stereocenters. The van der Waals surface area contributed by atoms with Crippen molar-refractivity contribution in [1.29, 1.82) is 0 Å². The van der Waals surface area contributed by atoms with E-state index in [4.69, 9.17) is 32.4 Å². The van der Waals surface area contributed by atoms with Crippen molar-refractivity contribution in [2.24, 2.45) is 0 Å². The molecule has 0 spiro atoms. The van der Waals surface area contributed by atoms with Crippen LogP contribution in [0.2, 0.25) is 10.0 Å². The van der Waals surface area contributed by atoms with Gasteiger partial charge in [0.2, 0.25) is 0 Å². The summed E-state index contributed by atoms with van der Waals surface area (Å²) in [6.07, 6.45) is 0. The minimum Gasteiger partial charge on any atom is -0.497 e. The van der Waals surface area contributed by atoms with Crippen LogP contribution in [0.1, 0.15) is 16.1 Å². The maximum absolute atomic E-state index is 12.6. The van der Waals surface area contributed by atoms with Crippen LogP contribution in [0.25, 0.3) is 11.0 Å². The Hall–Kier alpha value is -2.17. The highest BCUT2D eigenvalue weighted by atomic mass is 35.5. The highest BCUT2D eigenvalue weighted by Gasteiger charge is 2.19. The molecule has 0 saturated carbocycles. The molecule has 0 aliphatic carbocycles. The minimum atomic E-state index is -0.284. The smallest absolute Gasteiger partial charge is 0.259 e. The summed E-state index contributed by atoms with van der Waals surface area (Å²) >= 11 is 11.8. The van der Waals surface area contributed by atoms with E-state index in [1.807, 2.05) is 0 Å². The van der Waals surface area contributed by atoms with Crippen molar-refractivity contribution in [3.8, 4) is 5.75 Å². The monoisotopic (exact) mass is 349 g/mol. The lowest BCUT2D eigenvalue weighted by molar-refractivity contribution is 0.102. The molecule has 0 atom stereocenters. The fourth-order valence-electron chi connectivity index (χ4n) is 2.38. The van der Waals surface area contributed by atoms with Crippen LogP contribution < -0.4 is 10.1 Å². The summed E-state index contributed by atoms with van der Waals surface area (Å²) in [5.74, 6) is 0.903. The predicted octanol–water partition coefficient (Wildman–Crippen LogP) is 5.31. The lowest BCUT2D eigenvalue weighted by atomic mass is 10.1. The maximum atomic E-state index is 12.6. The van der Waals surface area contributed by atoms with Gasteiger partial charge in [-0.3, -0.25) is 4.79 Å². The number of rotatable bonds is 3. The van der Waals surface area contributed by atoms with E-state index in [-0.39, 0.29) is 5.91 Å². The van der Waals surface area contributed by atoms with E-state index < -0.39 is 0 Å². The molecule has 2 aromatic carbocycles. The number of halogens is 2. The first-order chi connectivity index (χ1) is 11.0. The summed E-state index contributed by atoms with van der Waals surface area (Å²) in [6, 6.07) is 10.2. The highest BCUT2D eigenvalue weighted by Crippen LogP contribution is 2.30. The summed E-state index contributed by atoms with van der Waals surface area (Å²) in [7, 11) is 1.57. The van der Waals surface area contributed by atoms with Gasteiger partial charge >= 0.3 is 0 Å². The summed E-state index contributed by atoms with van der Waals surface area (Å²) in [5.41, 5.74) is 1.65. The van der Waals surface area contributed by atoms with Crippen molar-refractivity contribution >= 4 is 45.8 Å². The second-order valence-electron chi connectivity index (χ2n) is 4.98. The Labute approximate surface area is 142 Å². The molecule has 6 heteroatoms.